The lowest BCUT2D eigenvalue weighted by atomic mass is 10.0. The Labute approximate surface area is 142 Å². The summed E-state index contributed by atoms with van der Waals surface area (Å²) in [4.78, 5) is 4.35. The van der Waals surface area contributed by atoms with Gasteiger partial charge >= 0.3 is 0 Å². The van der Waals surface area contributed by atoms with Crippen molar-refractivity contribution < 1.29 is 9.52 Å². The molecule has 0 aliphatic heterocycles. The monoisotopic (exact) mass is 327 g/mol. The van der Waals surface area contributed by atoms with Gasteiger partial charge < -0.3 is 9.52 Å². The zero-order valence-corrected chi connectivity index (χ0v) is 14.3. The molecule has 0 amide bonds. The lowest BCUT2D eigenvalue weighted by Gasteiger charge is -2.03. The van der Waals surface area contributed by atoms with Crippen LogP contribution in [-0.2, 0) is 0 Å². The molecule has 0 radical (unpaired) electrons. The molecule has 0 unspecified atom stereocenters. The SMILES string of the molecule is Cc1ccc(-c2ncoc2-c2ccc(C)cc2)cc1.OCCS. The molecular formula is C19H21NO2S. The molecule has 0 atom stereocenters. The van der Waals surface area contributed by atoms with E-state index in [1.165, 1.54) is 17.5 Å². The van der Waals surface area contributed by atoms with E-state index in [1.54, 1.807) is 0 Å². The van der Waals surface area contributed by atoms with Crippen LogP contribution in [0.25, 0.3) is 22.6 Å². The highest BCUT2D eigenvalue weighted by molar-refractivity contribution is 7.80. The van der Waals surface area contributed by atoms with E-state index >= 15 is 0 Å². The van der Waals surface area contributed by atoms with Crippen molar-refractivity contribution in [1.29, 1.82) is 0 Å². The lowest BCUT2D eigenvalue weighted by Crippen LogP contribution is -1.83. The third-order valence-electron chi connectivity index (χ3n) is 3.31. The fourth-order valence-electron chi connectivity index (χ4n) is 2.07. The average Bonchev–Trinajstić information content (AvgIpc) is 3.06. The Bertz CT molecular complexity index is 656. The number of aryl methyl sites for hydroxylation is 2. The van der Waals surface area contributed by atoms with Gasteiger partial charge in [-0.1, -0.05) is 59.7 Å². The van der Waals surface area contributed by atoms with Crippen LogP contribution in [0.1, 0.15) is 11.1 Å². The molecule has 0 fully saturated rings. The minimum absolute atomic E-state index is 0.184. The number of benzene rings is 2. The fourth-order valence-corrected chi connectivity index (χ4v) is 2.07. The van der Waals surface area contributed by atoms with Crippen molar-refractivity contribution in [3.63, 3.8) is 0 Å². The van der Waals surface area contributed by atoms with Crippen LogP contribution in [0.2, 0.25) is 0 Å². The molecule has 0 saturated heterocycles. The molecule has 0 spiro atoms. The van der Waals surface area contributed by atoms with Crippen LogP contribution in [0, 0.1) is 13.8 Å². The topological polar surface area (TPSA) is 46.3 Å². The van der Waals surface area contributed by atoms with Crippen LogP contribution in [0.5, 0.6) is 0 Å². The van der Waals surface area contributed by atoms with E-state index in [4.69, 9.17) is 9.52 Å². The van der Waals surface area contributed by atoms with Crippen molar-refractivity contribution in [2.45, 2.75) is 13.8 Å². The first-order valence-electron chi connectivity index (χ1n) is 7.45. The minimum atomic E-state index is 0.184. The fraction of sp³-hybridized carbons (Fsp3) is 0.211. The van der Waals surface area contributed by atoms with Gasteiger partial charge in [0.15, 0.2) is 12.2 Å². The first-order chi connectivity index (χ1) is 11.2. The number of aliphatic hydroxyl groups is 1. The van der Waals surface area contributed by atoms with Crippen LogP contribution in [0.3, 0.4) is 0 Å². The van der Waals surface area contributed by atoms with E-state index in [1.807, 2.05) is 0 Å². The second-order valence-corrected chi connectivity index (χ2v) is 5.66. The summed E-state index contributed by atoms with van der Waals surface area (Å²) in [5.41, 5.74) is 5.50. The number of aromatic nitrogens is 1. The second kappa shape index (κ2) is 8.56. The average molecular weight is 327 g/mol. The minimum Gasteiger partial charge on any atom is -0.443 e. The summed E-state index contributed by atoms with van der Waals surface area (Å²) < 4.78 is 5.56. The van der Waals surface area contributed by atoms with Crippen molar-refractivity contribution in [3.05, 3.63) is 66.1 Å². The van der Waals surface area contributed by atoms with Gasteiger partial charge in [-0.3, -0.25) is 0 Å². The highest BCUT2D eigenvalue weighted by Gasteiger charge is 2.12. The molecular weight excluding hydrogens is 306 g/mol. The van der Waals surface area contributed by atoms with Crippen molar-refractivity contribution in [2.24, 2.45) is 0 Å². The summed E-state index contributed by atoms with van der Waals surface area (Å²) in [6, 6.07) is 16.6. The Hall–Kier alpha value is -2.04. The zero-order valence-electron chi connectivity index (χ0n) is 13.4. The van der Waals surface area contributed by atoms with Crippen LogP contribution >= 0.6 is 12.6 Å². The van der Waals surface area contributed by atoms with E-state index < -0.39 is 0 Å². The Morgan fingerprint density at radius 3 is 1.87 bits per heavy atom. The van der Waals surface area contributed by atoms with Crippen molar-refractivity contribution >= 4 is 12.6 Å². The molecule has 1 aromatic heterocycles. The van der Waals surface area contributed by atoms with Gasteiger partial charge in [-0.25, -0.2) is 4.98 Å². The maximum atomic E-state index is 7.80. The van der Waals surface area contributed by atoms with Gasteiger partial charge in [-0.2, -0.15) is 12.6 Å². The van der Waals surface area contributed by atoms with Gasteiger partial charge in [-0.15, -0.1) is 0 Å². The smallest absolute Gasteiger partial charge is 0.182 e. The van der Waals surface area contributed by atoms with Gasteiger partial charge in [0.1, 0.15) is 5.69 Å². The maximum absolute atomic E-state index is 7.80. The highest BCUT2D eigenvalue weighted by Crippen LogP contribution is 2.31. The normalized spacial score (nSPS) is 10.1. The first-order valence-corrected chi connectivity index (χ1v) is 8.08. The number of aliphatic hydroxyl groups excluding tert-OH is 1. The third kappa shape index (κ3) is 4.71. The molecule has 0 saturated carbocycles. The van der Waals surface area contributed by atoms with Crippen molar-refractivity contribution in [2.75, 3.05) is 12.4 Å². The Balaban J connectivity index is 0.000000433. The van der Waals surface area contributed by atoms with E-state index in [9.17, 15) is 0 Å². The predicted octanol–water partition coefficient (Wildman–Crippen LogP) is 4.53. The third-order valence-corrected chi connectivity index (χ3v) is 3.51. The molecule has 1 N–H and O–H groups in total. The van der Waals surface area contributed by atoms with Gasteiger partial charge in [0.25, 0.3) is 0 Å². The van der Waals surface area contributed by atoms with E-state index in [2.05, 4.69) is 80.0 Å². The molecule has 0 bridgehead atoms. The van der Waals surface area contributed by atoms with Gasteiger partial charge in [-0.05, 0) is 13.8 Å². The van der Waals surface area contributed by atoms with Crippen LogP contribution < -0.4 is 0 Å². The maximum Gasteiger partial charge on any atom is 0.182 e. The number of nitrogens with zero attached hydrogens (tertiary/aromatic N) is 1. The van der Waals surface area contributed by atoms with Crippen molar-refractivity contribution in [3.8, 4) is 22.6 Å². The van der Waals surface area contributed by atoms with Gasteiger partial charge in [0.05, 0.1) is 6.61 Å². The zero-order chi connectivity index (χ0) is 16.7. The molecule has 3 rings (SSSR count). The van der Waals surface area contributed by atoms with E-state index in [-0.39, 0.29) is 6.61 Å². The molecule has 1 heterocycles. The number of thiol groups is 1. The molecule has 23 heavy (non-hydrogen) atoms. The van der Waals surface area contributed by atoms with E-state index in [0.29, 0.717) is 5.75 Å². The largest absolute Gasteiger partial charge is 0.443 e. The summed E-state index contributed by atoms with van der Waals surface area (Å²) in [6.07, 6.45) is 1.50. The number of oxazole rings is 1. The molecule has 3 aromatic rings. The standard InChI is InChI=1S/C17H15NO.C2H6OS/c1-12-3-7-14(8-4-12)16-17(19-11-18-16)15-9-5-13(2)6-10-15;3-1-2-4/h3-11H,1-2H3;3-4H,1-2H2. The Kier molecular flexibility index (Phi) is 6.44. The molecule has 2 aromatic carbocycles. The predicted molar refractivity (Wildman–Crippen MR) is 97.8 cm³/mol. The first kappa shape index (κ1) is 17.3. The van der Waals surface area contributed by atoms with Crippen LogP contribution in [0.4, 0.5) is 0 Å². The Morgan fingerprint density at radius 2 is 1.39 bits per heavy atom. The number of hydrogen-bond acceptors (Lipinski definition) is 4. The molecule has 3 nitrogen and oxygen atoms in total. The second-order valence-electron chi connectivity index (χ2n) is 5.21. The van der Waals surface area contributed by atoms with Crippen LogP contribution in [-0.4, -0.2) is 22.5 Å². The van der Waals surface area contributed by atoms with Gasteiger partial charge in [0.2, 0.25) is 0 Å². The van der Waals surface area contributed by atoms with Crippen molar-refractivity contribution in [1.82, 2.24) is 4.98 Å². The lowest BCUT2D eigenvalue weighted by molar-refractivity contribution is 0.323. The quantitative estimate of drug-likeness (QED) is 0.695. The van der Waals surface area contributed by atoms with Crippen LogP contribution in [0.15, 0.2) is 59.3 Å². The summed E-state index contributed by atoms with van der Waals surface area (Å²) in [5, 5.41) is 7.80. The molecule has 120 valence electrons. The molecule has 0 aliphatic carbocycles. The summed E-state index contributed by atoms with van der Waals surface area (Å²) in [7, 11) is 0. The summed E-state index contributed by atoms with van der Waals surface area (Å²) >= 11 is 3.67. The molecule has 4 heteroatoms. The van der Waals surface area contributed by atoms with Gasteiger partial charge in [0, 0.05) is 16.9 Å². The number of hydrogen-bond donors (Lipinski definition) is 2. The highest BCUT2D eigenvalue weighted by atomic mass is 32.1. The van der Waals surface area contributed by atoms with E-state index in [0.717, 1.165) is 22.6 Å². The molecule has 0 aliphatic rings. The number of rotatable bonds is 3. The summed E-state index contributed by atoms with van der Waals surface area (Å²) in [5.74, 6) is 1.39. The summed E-state index contributed by atoms with van der Waals surface area (Å²) in [6.45, 7) is 4.33. The Morgan fingerprint density at radius 1 is 0.913 bits per heavy atom.